The van der Waals surface area contributed by atoms with E-state index < -0.39 is 0 Å². The van der Waals surface area contributed by atoms with Gasteiger partial charge in [0.15, 0.2) is 0 Å². The van der Waals surface area contributed by atoms with Gasteiger partial charge in [0, 0.05) is 38.1 Å². The summed E-state index contributed by atoms with van der Waals surface area (Å²) >= 11 is 6.77. The van der Waals surface area contributed by atoms with Crippen LogP contribution in [0.2, 0.25) is 5.02 Å². The van der Waals surface area contributed by atoms with E-state index >= 15 is 0 Å². The molecule has 1 fully saturated rings. The number of ether oxygens (including phenoxy) is 5. The largest absolute Gasteiger partial charge is 0.396 e. The number of aliphatic hydroxyl groups is 1. The summed E-state index contributed by atoms with van der Waals surface area (Å²) in [7, 11) is 0. The van der Waals surface area contributed by atoms with Crippen molar-refractivity contribution >= 4 is 11.6 Å². The van der Waals surface area contributed by atoms with Gasteiger partial charge >= 0.3 is 0 Å². The van der Waals surface area contributed by atoms with E-state index in [1.54, 1.807) is 0 Å². The number of halogens is 1. The Kier molecular flexibility index (Phi) is 17.9. The first-order chi connectivity index (χ1) is 21.6. The fourth-order valence-corrected chi connectivity index (χ4v) is 5.69. The lowest BCUT2D eigenvalue weighted by atomic mass is 9.89. The third-order valence-electron chi connectivity index (χ3n) is 8.20. The molecule has 0 amide bonds. The van der Waals surface area contributed by atoms with E-state index in [1.807, 2.05) is 6.07 Å². The van der Waals surface area contributed by atoms with Crippen molar-refractivity contribution in [3.05, 3.63) is 69.7 Å². The minimum Gasteiger partial charge on any atom is -0.396 e. The average Bonchev–Trinajstić information content (AvgIpc) is 3.03. The van der Waals surface area contributed by atoms with Crippen molar-refractivity contribution in [1.82, 2.24) is 0 Å². The molecular weight excluding hydrogens is 576 g/mol. The van der Waals surface area contributed by atoms with Crippen LogP contribution in [0.1, 0.15) is 107 Å². The Hall–Kier alpha value is -1.51. The molecule has 1 aliphatic heterocycles. The topological polar surface area (TPSA) is 66.4 Å². The zero-order valence-electron chi connectivity index (χ0n) is 27.6. The summed E-state index contributed by atoms with van der Waals surface area (Å²) in [5, 5.41) is 10.0. The van der Waals surface area contributed by atoms with Gasteiger partial charge in [-0.15, -0.1) is 0 Å². The molecule has 44 heavy (non-hydrogen) atoms. The first-order valence-corrected chi connectivity index (χ1v) is 17.5. The molecule has 0 aliphatic carbocycles. The van der Waals surface area contributed by atoms with Crippen LogP contribution in [0.25, 0.3) is 0 Å². The van der Waals surface area contributed by atoms with Gasteiger partial charge < -0.3 is 28.8 Å². The lowest BCUT2D eigenvalue weighted by molar-refractivity contribution is -0.268. The van der Waals surface area contributed by atoms with Crippen molar-refractivity contribution in [2.45, 2.75) is 122 Å². The third-order valence-corrected chi connectivity index (χ3v) is 8.57. The van der Waals surface area contributed by atoms with Crippen LogP contribution in [0, 0.1) is 0 Å². The Morgan fingerprint density at radius 1 is 0.705 bits per heavy atom. The lowest BCUT2D eigenvalue weighted by Gasteiger charge is -2.46. The van der Waals surface area contributed by atoms with Crippen LogP contribution in [0.3, 0.4) is 0 Å². The number of rotatable bonds is 22. The molecule has 1 aliphatic rings. The van der Waals surface area contributed by atoms with Crippen molar-refractivity contribution in [1.29, 1.82) is 0 Å². The zero-order chi connectivity index (χ0) is 31.6. The van der Waals surface area contributed by atoms with Crippen LogP contribution in [0.4, 0.5) is 0 Å². The molecular formula is C37H57ClO6. The second-order valence-corrected chi connectivity index (χ2v) is 12.3. The predicted octanol–water partition coefficient (Wildman–Crippen LogP) is 8.28. The highest BCUT2D eigenvalue weighted by Crippen LogP contribution is 2.39. The summed E-state index contributed by atoms with van der Waals surface area (Å²) in [6, 6.07) is 14.6. The third kappa shape index (κ3) is 11.7. The van der Waals surface area contributed by atoms with E-state index in [9.17, 15) is 5.11 Å². The number of hydrogen-bond donors (Lipinski definition) is 1. The summed E-state index contributed by atoms with van der Waals surface area (Å²) in [5.74, 6) is 0. The van der Waals surface area contributed by atoms with Gasteiger partial charge in [0.05, 0.1) is 6.61 Å². The summed E-state index contributed by atoms with van der Waals surface area (Å²) in [6.07, 6.45) is 7.99. The van der Waals surface area contributed by atoms with Crippen LogP contribution in [0.15, 0.2) is 42.5 Å². The van der Waals surface area contributed by atoms with Gasteiger partial charge in [0.25, 0.3) is 0 Å². The SMILES string of the molecule is CCCCOC[C@H]1O[C@@H](c2ccc(Cl)c(Cc3ccc(CCO)cc3)c2)[C@H](OCCCC)[C@@H](OCCCC)[C@@H]1OCCCC. The molecule has 248 valence electrons. The second-order valence-electron chi connectivity index (χ2n) is 11.9. The highest BCUT2D eigenvalue weighted by Gasteiger charge is 2.48. The molecule has 0 saturated carbocycles. The quantitative estimate of drug-likeness (QED) is 0.132. The maximum absolute atomic E-state index is 9.28. The van der Waals surface area contributed by atoms with E-state index in [4.69, 9.17) is 35.3 Å². The Balaban J connectivity index is 1.96. The normalized spacial score (nSPS) is 22.0. The van der Waals surface area contributed by atoms with Gasteiger partial charge in [-0.3, -0.25) is 0 Å². The second kappa shape index (κ2) is 21.3. The smallest absolute Gasteiger partial charge is 0.117 e. The van der Waals surface area contributed by atoms with E-state index in [1.165, 1.54) is 5.56 Å². The highest BCUT2D eigenvalue weighted by atomic mass is 35.5. The molecule has 0 spiro atoms. The van der Waals surface area contributed by atoms with Crippen molar-refractivity contribution in [3.8, 4) is 0 Å². The van der Waals surface area contributed by atoms with Crippen molar-refractivity contribution < 1.29 is 28.8 Å². The molecule has 1 N–H and O–H groups in total. The molecule has 0 radical (unpaired) electrons. The zero-order valence-corrected chi connectivity index (χ0v) is 28.4. The van der Waals surface area contributed by atoms with Gasteiger partial charge in [0.1, 0.15) is 30.5 Å². The van der Waals surface area contributed by atoms with Gasteiger partial charge in [-0.05, 0) is 66.8 Å². The molecule has 3 rings (SSSR count). The monoisotopic (exact) mass is 632 g/mol. The van der Waals surface area contributed by atoms with Gasteiger partial charge in [-0.25, -0.2) is 0 Å². The number of aliphatic hydroxyl groups excluding tert-OH is 1. The maximum Gasteiger partial charge on any atom is 0.117 e. The lowest BCUT2D eigenvalue weighted by Crippen LogP contribution is -2.58. The minimum atomic E-state index is -0.354. The number of hydrogen-bond acceptors (Lipinski definition) is 6. The van der Waals surface area contributed by atoms with Crippen LogP contribution < -0.4 is 0 Å². The fourth-order valence-electron chi connectivity index (χ4n) is 5.51. The molecule has 7 heteroatoms. The first kappa shape index (κ1) is 37.0. The standard InChI is InChI=1S/C37H57ClO6/c1-5-9-21-40-27-33-35(41-22-10-6-2)37(43-24-12-8-4)36(42-23-11-7-3)34(44-33)30-17-18-32(38)31(26-30)25-29-15-13-28(14-16-29)19-20-39/h13-18,26,33-37,39H,5-12,19-25,27H2,1-4H3/t33-,34+,35-,36+,37+/m1/s1. The Bertz CT molecular complexity index is 1030. The molecule has 1 saturated heterocycles. The van der Waals surface area contributed by atoms with E-state index in [0.717, 1.165) is 73.1 Å². The molecule has 0 bridgehead atoms. The molecule has 2 aromatic carbocycles. The predicted molar refractivity (Wildman–Crippen MR) is 179 cm³/mol. The summed E-state index contributed by atoms with van der Waals surface area (Å²) in [6.45, 7) is 11.9. The van der Waals surface area contributed by atoms with Crippen LogP contribution in [-0.4, -0.2) is 69.2 Å². The summed E-state index contributed by atoms with van der Waals surface area (Å²) in [4.78, 5) is 0. The average molecular weight is 633 g/mol. The summed E-state index contributed by atoms with van der Waals surface area (Å²) < 4.78 is 33.0. The van der Waals surface area contributed by atoms with E-state index in [2.05, 4.69) is 64.1 Å². The van der Waals surface area contributed by atoms with Gasteiger partial charge in [-0.2, -0.15) is 0 Å². The summed E-state index contributed by atoms with van der Waals surface area (Å²) in [5.41, 5.74) is 4.35. The molecule has 5 atom stereocenters. The van der Waals surface area contributed by atoms with Crippen molar-refractivity contribution in [3.63, 3.8) is 0 Å². The molecule has 0 unspecified atom stereocenters. The minimum absolute atomic E-state index is 0.147. The van der Waals surface area contributed by atoms with E-state index in [0.29, 0.717) is 45.9 Å². The Morgan fingerprint density at radius 2 is 1.27 bits per heavy atom. The highest BCUT2D eigenvalue weighted by molar-refractivity contribution is 6.31. The Labute approximate surface area is 271 Å². The van der Waals surface area contributed by atoms with Crippen LogP contribution >= 0.6 is 11.6 Å². The van der Waals surface area contributed by atoms with Crippen molar-refractivity contribution in [2.75, 3.05) is 39.6 Å². The van der Waals surface area contributed by atoms with E-state index in [-0.39, 0.29) is 37.1 Å². The van der Waals surface area contributed by atoms with Crippen LogP contribution in [0.5, 0.6) is 0 Å². The van der Waals surface area contributed by atoms with Gasteiger partial charge in [-0.1, -0.05) is 101 Å². The van der Waals surface area contributed by atoms with Gasteiger partial charge in [0.2, 0.25) is 0 Å². The number of unbranched alkanes of at least 4 members (excludes halogenated alkanes) is 4. The molecule has 2 aromatic rings. The molecule has 1 heterocycles. The van der Waals surface area contributed by atoms with Crippen LogP contribution in [-0.2, 0) is 36.5 Å². The molecule has 6 nitrogen and oxygen atoms in total. The maximum atomic E-state index is 9.28. The number of benzene rings is 2. The van der Waals surface area contributed by atoms with Crippen molar-refractivity contribution in [2.24, 2.45) is 0 Å². The first-order valence-electron chi connectivity index (χ1n) is 17.1. The Morgan fingerprint density at radius 3 is 1.89 bits per heavy atom. The fraction of sp³-hybridized carbons (Fsp3) is 0.676. The molecule has 0 aromatic heterocycles.